The second kappa shape index (κ2) is 8.35. The van der Waals surface area contributed by atoms with E-state index in [1.54, 1.807) is 12.4 Å². The van der Waals surface area contributed by atoms with Gasteiger partial charge in [0.15, 0.2) is 0 Å². The zero-order valence-corrected chi connectivity index (χ0v) is 16.0. The third kappa shape index (κ3) is 3.97. The summed E-state index contributed by atoms with van der Waals surface area (Å²) in [6, 6.07) is 14.1. The third-order valence-electron chi connectivity index (χ3n) is 5.14. The highest BCUT2D eigenvalue weighted by molar-refractivity contribution is 5.77. The summed E-state index contributed by atoms with van der Waals surface area (Å²) in [7, 11) is 0. The van der Waals surface area contributed by atoms with Crippen molar-refractivity contribution in [3.63, 3.8) is 0 Å². The predicted octanol–water partition coefficient (Wildman–Crippen LogP) is 3.24. The Morgan fingerprint density at radius 3 is 2.75 bits per heavy atom. The Hall–Kier alpha value is -2.99. The van der Waals surface area contributed by atoms with Crippen molar-refractivity contribution in [3.8, 4) is 11.4 Å². The lowest BCUT2D eigenvalue weighted by molar-refractivity contribution is -0.135. The fraction of sp³-hybridized carbons (Fsp3) is 0.318. The molecule has 1 aliphatic heterocycles. The first-order chi connectivity index (χ1) is 13.7. The molecule has 1 unspecified atom stereocenters. The van der Waals surface area contributed by atoms with E-state index in [9.17, 15) is 4.79 Å². The molecule has 3 aromatic rings. The number of imidazole rings is 1. The predicted molar refractivity (Wildman–Crippen MR) is 107 cm³/mol. The smallest absolute Gasteiger partial charge is 0.248 e. The van der Waals surface area contributed by atoms with E-state index in [4.69, 9.17) is 4.74 Å². The highest BCUT2D eigenvalue weighted by Crippen LogP contribution is 2.29. The van der Waals surface area contributed by atoms with Gasteiger partial charge in [-0.1, -0.05) is 30.3 Å². The van der Waals surface area contributed by atoms with Crippen LogP contribution in [0.25, 0.3) is 11.4 Å². The van der Waals surface area contributed by atoms with E-state index in [1.807, 2.05) is 53.6 Å². The van der Waals surface area contributed by atoms with Gasteiger partial charge in [-0.3, -0.25) is 9.78 Å². The standard InChI is InChI=1S/C22H24N4O2/c1-17-13-24-22(19-7-10-23-11-8-19)26(17)20-9-12-25(14-20)21(27)16-28-15-18-5-3-2-4-6-18/h2-8,10-11,13,20H,9,12,14-16H2,1H3. The summed E-state index contributed by atoms with van der Waals surface area (Å²) < 4.78 is 7.86. The van der Waals surface area contributed by atoms with Gasteiger partial charge in [-0.2, -0.15) is 0 Å². The molecule has 1 amide bonds. The number of carbonyl (C=O) groups is 1. The maximum absolute atomic E-state index is 12.6. The van der Waals surface area contributed by atoms with Crippen LogP contribution >= 0.6 is 0 Å². The number of benzene rings is 1. The molecule has 0 bridgehead atoms. The summed E-state index contributed by atoms with van der Waals surface area (Å²) in [6.07, 6.45) is 6.36. The molecule has 1 saturated heterocycles. The van der Waals surface area contributed by atoms with Crippen molar-refractivity contribution < 1.29 is 9.53 Å². The molecule has 1 atom stereocenters. The highest BCUT2D eigenvalue weighted by Gasteiger charge is 2.29. The Bertz CT molecular complexity index is 924. The van der Waals surface area contributed by atoms with Crippen LogP contribution in [0.15, 0.2) is 61.1 Å². The lowest BCUT2D eigenvalue weighted by Crippen LogP contribution is -2.32. The Morgan fingerprint density at radius 2 is 1.96 bits per heavy atom. The first-order valence-electron chi connectivity index (χ1n) is 9.56. The van der Waals surface area contributed by atoms with Crippen LogP contribution in [0.3, 0.4) is 0 Å². The highest BCUT2D eigenvalue weighted by atomic mass is 16.5. The lowest BCUT2D eigenvalue weighted by atomic mass is 10.2. The van der Waals surface area contributed by atoms with Gasteiger partial charge < -0.3 is 14.2 Å². The van der Waals surface area contributed by atoms with Gasteiger partial charge in [0.25, 0.3) is 0 Å². The van der Waals surface area contributed by atoms with Crippen molar-refractivity contribution in [3.05, 3.63) is 72.3 Å². The quantitative estimate of drug-likeness (QED) is 0.663. The number of aryl methyl sites for hydroxylation is 1. The molecule has 1 aromatic carbocycles. The van der Waals surface area contributed by atoms with Crippen molar-refractivity contribution in [1.29, 1.82) is 0 Å². The second-order valence-corrected chi connectivity index (χ2v) is 7.09. The Morgan fingerprint density at radius 1 is 1.18 bits per heavy atom. The molecule has 0 N–H and O–H groups in total. The number of rotatable bonds is 6. The number of carbonyl (C=O) groups excluding carboxylic acids is 1. The molecule has 4 rings (SSSR count). The molecule has 0 spiro atoms. The normalized spacial score (nSPS) is 16.5. The van der Waals surface area contributed by atoms with Gasteiger partial charge in [0.05, 0.1) is 12.6 Å². The molecule has 1 aliphatic rings. The van der Waals surface area contributed by atoms with Crippen molar-refractivity contribution >= 4 is 5.91 Å². The maximum Gasteiger partial charge on any atom is 0.248 e. The average molecular weight is 376 g/mol. The van der Waals surface area contributed by atoms with E-state index < -0.39 is 0 Å². The van der Waals surface area contributed by atoms with Crippen molar-refractivity contribution in [1.82, 2.24) is 19.4 Å². The number of pyridine rings is 1. The number of nitrogens with zero attached hydrogens (tertiary/aromatic N) is 4. The summed E-state index contributed by atoms with van der Waals surface area (Å²) in [5.41, 5.74) is 3.22. The molecular formula is C22H24N4O2. The van der Waals surface area contributed by atoms with Crippen LogP contribution < -0.4 is 0 Å². The summed E-state index contributed by atoms with van der Waals surface area (Å²) in [4.78, 5) is 23.1. The first kappa shape index (κ1) is 18.4. The van der Waals surface area contributed by atoms with Crippen molar-refractivity contribution in [2.24, 2.45) is 0 Å². The summed E-state index contributed by atoms with van der Waals surface area (Å²) in [5.74, 6) is 0.973. The minimum absolute atomic E-state index is 0.0432. The van der Waals surface area contributed by atoms with E-state index >= 15 is 0 Å². The third-order valence-corrected chi connectivity index (χ3v) is 5.14. The summed E-state index contributed by atoms with van der Waals surface area (Å²) in [6.45, 7) is 4.05. The van der Waals surface area contributed by atoms with Gasteiger partial charge in [-0.15, -0.1) is 0 Å². The van der Waals surface area contributed by atoms with Crippen LogP contribution in [-0.2, 0) is 16.1 Å². The summed E-state index contributed by atoms with van der Waals surface area (Å²) >= 11 is 0. The molecule has 0 radical (unpaired) electrons. The first-order valence-corrected chi connectivity index (χ1v) is 9.56. The number of hydrogen-bond acceptors (Lipinski definition) is 4. The molecule has 0 aliphatic carbocycles. The van der Waals surface area contributed by atoms with Crippen molar-refractivity contribution in [2.75, 3.05) is 19.7 Å². The molecule has 28 heavy (non-hydrogen) atoms. The van der Waals surface area contributed by atoms with Gasteiger partial charge in [-0.05, 0) is 31.0 Å². The van der Waals surface area contributed by atoms with Gasteiger partial charge in [0.1, 0.15) is 12.4 Å². The van der Waals surface area contributed by atoms with E-state index in [1.165, 1.54) is 0 Å². The monoisotopic (exact) mass is 376 g/mol. The molecule has 144 valence electrons. The number of amides is 1. The Kier molecular flexibility index (Phi) is 5.48. The van der Waals surface area contributed by atoms with Crippen LogP contribution in [0.1, 0.15) is 23.7 Å². The topological polar surface area (TPSA) is 60.2 Å². The molecule has 6 heteroatoms. The number of hydrogen-bond donors (Lipinski definition) is 0. The SMILES string of the molecule is Cc1cnc(-c2ccncc2)n1C1CCN(C(=O)COCc2ccccc2)C1. The van der Waals surface area contributed by atoms with E-state index in [0.717, 1.165) is 35.6 Å². The molecular weight excluding hydrogens is 352 g/mol. The van der Waals surface area contributed by atoms with E-state index in [0.29, 0.717) is 13.2 Å². The molecule has 6 nitrogen and oxygen atoms in total. The van der Waals surface area contributed by atoms with Crippen LogP contribution in [0.4, 0.5) is 0 Å². The number of likely N-dealkylation sites (tertiary alicyclic amines) is 1. The molecule has 1 fully saturated rings. The van der Waals surface area contributed by atoms with Gasteiger partial charge in [-0.25, -0.2) is 4.98 Å². The molecule has 3 heterocycles. The van der Waals surface area contributed by atoms with Crippen LogP contribution in [0, 0.1) is 6.92 Å². The van der Waals surface area contributed by atoms with Gasteiger partial charge in [0, 0.05) is 42.9 Å². The van der Waals surface area contributed by atoms with Gasteiger partial charge >= 0.3 is 0 Å². The maximum atomic E-state index is 12.6. The van der Waals surface area contributed by atoms with Crippen LogP contribution in [-0.4, -0.2) is 45.0 Å². The van der Waals surface area contributed by atoms with Crippen molar-refractivity contribution in [2.45, 2.75) is 26.0 Å². The lowest BCUT2D eigenvalue weighted by Gasteiger charge is -2.20. The largest absolute Gasteiger partial charge is 0.367 e. The van der Waals surface area contributed by atoms with E-state index in [2.05, 4.69) is 21.5 Å². The van der Waals surface area contributed by atoms with Gasteiger partial charge in [0.2, 0.25) is 5.91 Å². The number of aromatic nitrogens is 3. The second-order valence-electron chi connectivity index (χ2n) is 7.09. The zero-order chi connectivity index (χ0) is 19.3. The summed E-state index contributed by atoms with van der Waals surface area (Å²) in [5, 5.41) is 0. The number of ether oxygens (including phenoxy) is 1. The average Bonchev–Trinajstić information content (AvgIpc) is 3.36. The minimum Gasteiger partial charge on any atom is -0.367 e. The van der Waals surface area contributed by atoms with E-state index in [-0.39, 0.29) is 18.6 Å². The van der Waals surface area contributed by atoms with Crippen LogP contribution in [0.2, 0.25) is 0 Å². The fourth-order valence-corrected chi connectivity index (χ4v) is 3.72. The van der Waals surface area contributed by atoms with Crippen LogP contribution in [0.5, 0.6) is 0 Å². The molecule has 2 aromatic heterocycles. The Balaban J connectivity index is 1.38. The Labute approximate surface area is 164 Å². The molecule has 0 saturated carbocycles. The minimum atomic E-state index is 0.0432. The fourth-order valence-electron chi connectivity index (χ4n) is 3.72. The zero-order valence-electron chi connectivity index (χ0n) is 16.0.